The number of benzene rings is 1. The monoisotopic (exact) mass is 344 g/mol. The zero-order valence-corrected chi connectivity index (χ0v) is 13.4. The summed E-state index contributed by atoms with van der Waals surface area (Å²) in [6.45, 7) is 2.29. The zero-order valence-electron chi connectivity index (χ0n) is 13.4. The van der Waals surface area contributed by atoms with Gasteiger partial charge in [0.25, 0.3) is 0 Å². The first-order chi connectivity index (χ1) is 11.2. The summed E-state index contributed by atoms with van der Waals surface area (Å²) in [7, 11) is 1.51. The Morgan fingerprint density at radius 3 is 2.71 bits per heavy atom. The topological polar surface area (TPSA) is 58.6 Å². The van der Waals surface area contributed by atoms with Crippen LogP contribution < -0.4 is 5.32 Å². The van der Waals surface area contributed by atoms with Crippen LogP contribution in [0, 0.1) is 5.92 Å². The minimum absolute atomic E-state index is 0.0198. The van der Waals surface area contributed by atoms with Crippen molar-refractivity contribution in [2.75, 3.05) is 25.6 Å². The van der Waals surface area contributed by atoms with Gasteiger partial charge in [0.1, 0.15) is 0 Å². The van der Waals surface area contributed by atoms with Gasteiger partial charge in [0.2, 0.25) is 11.8 Å². The molecule has 1 N–H and O–H groups in total. The Bertz CT molecular complexity index is 619. The second kappa shape index (κ2) is 7.21. The molecule has 1 aromatic carbocycles. The zero-order chi connectivity index (χ0) is 17.9. The smallest absolute Gasteiger partial charge is 0.383 e. The quantitative estimate of drug-likeness (QED) is 0.893. The first-order valence-electron chi connectivity index (χ1n) is 7.49. The van der Waals surface area contributed by atoms with Crippen molar-refractivity contribution in [2.24, 2.45) is 5.92 Å². The lowest BCUT2D eigenvalue weighted by Crippen LogP contribution is -2.38. The highest BCUT2D eigenvalue weighted by Crippen LogP contribution is 2.35. The van der Waals surface area contributed by atoms with Gasteiger partial charge in [0, 0.05) is 20.1 Å². The molecular formula is C16H19F3N2O3. The number of para-hydroxylation sites is 1. The third-order valence-electron chi connectivity index (χ3n) is 3.96. The van der Waals surface area contributed by atoms with Gasteiger partial charge >= 0.3 is 6.18 Å². The molecule has 24 heavy (non-hydrogen) atoms. The van der Waals surface area contributed by atoms with Gasteiger partial charge in [0.05, 0.1) is 29.8 Å². The molecule has 0 unspecified atom stereocenters. The summed E-state index contributed by atoms with van der Waals surface area (Å²) in [5, 5.41) is 2.30. The lowest BCUT2D eigenvalue weighted by atomic mass is 10.1. The number of alkyl halides is 3. The molecule has 2 rings (SSSR count). The lowest BCUT2D eigenvalue weighted by Gasteiger charge is -2.24. The molecule has 1 saturated heterocycles. The number of ether oxygens (including phenoxy) is 1. The number of methoxy groups -OCH3 is 1. The molecule has 5 nitrogen and oxygen atoms in total. The van der Waals surface area contributed by atoms with Crippen molar-refractivity contribution in [1.29, 1.82) is 0 Å². The predicted molar refractivity (Wildman–Crippen MR) is 81.2 cm³/mol. The van der Waals surface area contributed by atoms with Gasteiger partial charge in [-0.05, 0) is 19.1 Å². The molecule has 0 aliphatic carbocycles. The van der Waals surface area contributed by atoms with Crippen molar-refractivity contribution in [3.8, 4) is 0 Å². The molecule has 8 heteroatoms. The number of hydrogen-bond donors (Lipinski definition) is 1. The van der Waals surface area contributed by atoms with Gasteiger partial charge in [-0.15, -0.1) is 0 Å². The van der Waals surface area contributed by atoms with Gasteiger partial charge in [0.15, 0.2) is 0 Å². The third kappa shape index (κ3) is 4.05. The minimum atomic E-state index is -4.56. The molecule has 1 aromatic rings. The fourth-order valence-corrected chi connectivity index (χ4v) is 2.74. The van der Waals surface area contributed by atoms with Crippen LogP contribution in [0.25, 0.3) is 0 Å². The molecule has 0 saturated carbocycles. The lowest BCUT2D eigenvalue weighted by molar-refractivity contribution is -0.137. The summed E-state index contributed by atoms with van der Waals surface area (Å²) >= 11 is 0. The van der Waals surface area contributed by atoms with Crippen molar-refractivity contribution in [1.82, 2.24) is 4.90 Å². The summed E-state index contributed by atoms with van der Waals surface area (Å²) in [5.74, 6) is -1.48. The average Bonchev–Trinajstić information content (AvgIpc) is 2.89. The SMILES string of the molecule is COC[C@H](C)N1C[C@H](C(=O)Nc2ccccc2C(F)(F)F)CC1=O. The second-order valence-electron chi connectivity index (χ2n) is 5.78. The molecule has 0 radical (unpaired) electrons. The third-order valence-corrected chi connectivity index (χ3v) is 3.96. The van der Waals surface area contributed by atoms with E-state index in [0.717, 1.165) is 6.07 Å². The van der Waals surface area contributed by atoms with E-state index in [1.54, 1.807) is 6.92 Å². The first kappa shape index (κ1) is 18.3. The number of carbonyl (C=O) groups is 2. The van der Waals surface area contributed by atoms with Crippen LogP contribution in [0.1, 0.15) is 18.9 Å². The standard InChI is InChI=1S/C16H19F3N2O3/c1-10(9-24-2)21-8-11(7-14(21)22)15(23)20-13-6-4-3-5-12(13)16(17,18)19/h3-6,10-11H,7-9H2,1-2H3,(H,20,23)/t10-,11+/m0/s1. The molecule has 0 bridgehead atoms. The van der Waals surface area contributed by atoms with Gasteiger partial charge < -0.3 is 15.0 Å². The molecule has 1 fully saturated rings. The number of rotatable bonds is 5. The van der Waals surface area contributed by atoms with E-state index in [0.29, 0.717) is 6.61 Å². The summed E-state index contributed by atoms with van der Waals surface area (Å²) in [6.07, 6.45) is -4.58. The van der Waals surface area contributed by atoms with E-state index in [9.17, 15) is 22.8 Å². The van der Waals surface area contributed by atoms with Crippen molar-refractivity contribution >= 4 is 17.5 Å². The second-order valence-corrected chi connectivity index (χ2v) is 5.78. The molecule has 1 aliphatic heterocycles. The number of likely N-dealkylation sites (tertiary alicyclic amines) is 1. The highest BCUT2D eigenvalue weighted by molar-refractivity contribution is 5.97. The Balaban J connectivity index is 2.08. The van der Waals surface area contributed by atoms with Crippen LogP contribution in [0.15, 0.2) is 24.3 Å². The Hall–Kier alpha value is -2.09. The van der Waals surface area contributed by atoms with Crippen LogP contribution in [-0.2, 0) is 20.5 Å². The maximum atomic E-state index is 13.0. The first-order valence-corrected chi connectivity index (χ1v) is 7.49. The van der Waals surface area contributed by atoms with Crippen LogP contribution in [-0.4, -0.2) is 43.0 Å². The van der Waals surface area contributed by atoms with E-state index in [1.165, 1.54) is 30.2 Å². The number of nitrogens with one attached hydrogen (secondary N) is 1. The van der Waals surface area contributed by atoms with Crippen LogP contribution in [0.4, 0.5) is 18.9 Å². The van der Waals surface area contributed by atoms with E-state index in [4.69, 9.17) is 4.74 Å². The van der Waals surface area contributed by atoms with Crippen LogP contribution in [0.5, 0.6) is 0 Å². The van der Waals surface area contributed by atoms with Gasteiger partial charge in [-0.25, -0.2) is 0 Å². The summed E-state index contributed by atoms with van der Waals surface area (Å²) in [4.78, 5) is 25.8. The van der Waals surface area contributed by atoms with E-state index < -0.39 is 23.6 Å². The number of nitrogens with zero attached hydrogens (tertiary/aromatic N) is 1. The summed E-state index contributed by atoms with van der Waals surface area (Å²) in [6, 6.07) is 4.58. The highest BCUT2D eigenvalue weighted by Gasteiger charge is 2.38. The van der Waals surface area contributed by atoms with Crippen molar-refractivity contribution in [3.05, 3.63) is 29.8 Å². The Morgan fingerprint density at radius 2 is 2.08 bits per heavy atom. The van der Waals surface area contributed by atoms with Gasteiger partial charge in [-0.3, -0.25) is 9.59 Å². The predicted octanol–water partition coefficient (Wildman–Crippen LogP) is 2.53. The van der Waals surface area contributed by atoms with Gasteiger partial charge in [-0.1, -0.05) is 12.1 Å². The van der Waals surface area contributed by atoms with Crippen LogP contribution in [0.3, 0.4) is 0 Å². The maximum absolute atomic E-state index is 13.0. The summed E-state index contributed by atoms with van der Waals surface area (Å²) < 4.78 is 43.9. The Morgan fingerprint density at radius 1 is 1.42 bits per heavy atom. The molecular weight excluding hydrogens is 325 g/mol. The average molecular weight is 344 g/mol. The normalized spacial score (nSPS) is 19.5. The molecule has 132 valence electrons. The van der Waals surface area contributed by atoms with Crippen LogP contribution in [0.2, 0.25) is 0 Å². The van der Waals surface area contributed by atoms with E-state index in [1.807, 2.05) is 0 Å². The van der Waals surface area contributed by atoms with Crippen molar-refractivity contribution in [2.45, 2.75) is 25.6 Å². The maximum Gasteiger partial charge on any atom is 0.418 e. The molecule has 1 heterocycles. The summed E-state index contributed by atoms with van der Waals surface area (Å²) in [5.41, 5.74) is -1.21. The molecule has 0 aromatic heterocycles. The number of halogens is 3. The van der Waals surface area contributed by atoms with E-state index in [-0.39, 0.29) is 30.6 Å². The van der Waals surface area contributed by atoms with Crippen molar-refractivity contribution < 1.29 is 27.5 Å². The number of carbonyl (C=O) groups excluding carboxylic acids is 2. The highest BCUT2D eigenvalue weighted by atomic mass is 19.4. The van der Waals surface area contributed by atoms with E-state index in [2.05, 4.69) is 5.32 Å². The number of amides is 2. The fourth-order valence-electron chi connectivity index (χ4n) is 2.74. The minimum Gasteiger partial charge on any atom is -0.383 e. The number of anilines is 1. The molecule has 0 spiro atoms. The fraction of sp³-hybridized carbons (Fsp3) is 0.500. The number of hydrogen-bond acceptors (Lipinski definition) is 3. The van der Waals surface area contributed by atoms with Crippen molar-refractivity contribution in [3.63, 3.8) is 0 Å². The van der Waals surface area contributed by atoms with E-state index >= 15 is 0 Å². The molecule has 2 amide bonds. The molecule has 2 atom stereocenters. The largest absolute Gasteiger partial charge is 0.418 e. The molecule has 1 aliphatic rings. The van der Waals surface area contributed by atoms with Crippen LogP contribution >= 0.6 is 0 Å². The van der Waals surface area contributed by atoms with Gasteiger partial charge in [-0.2, -0.15) is 13.2 Å². The Kier molecular flexibility index (Phi) is 5.48. The Labute approximate surface area is 137 Å².